The van der Waals surface area contributed by atoms with Crippen LogP contribution in [0.15, 0.2) is 4.42 Å². The summed E-state index contributed by atoms with van der Waals surface area (Å²) in [6.45, 7) is 6.47. The molecule has 0 aliphatic carbocycles. The first kappa shape index (κ1) is 15.9. The molecule has 2 saturated heterocycles. The van der Waals surface area contributed by atoms with Crippen molar-refractivity contribution in [3.05, 3.63) is 11.8 Å². The average molecular weight is 322 g/mol. The van der Waals surface area contributed by atoms with Crippen LogP contribution >= 0.6 is 0 Å². The van der Waals surface area contributed by atoms with Crippen LogP contribution in [0.2, 0.25) is 0 Å². The third-order valence-electron chi connectivity index (χ3n) is 4.20. The van der Waals surface area contributed by atoms with Crippen molar-refractivity contribution in [2.24, 2.45) is 0 Å². The Morgan fingerprint density at radius 1 is 1.13 bits per heavy atom. The molecule has 0 radical (unpaired) electrons. The highest BCUT2D eigenvalue weighted by atomic mass is 16.5. The van der Waals surface area contributed by atoms with E-state index in [1.165, 1.54) is 0 Å². The Kier molecular flexibility index (Phi) is 4.61. The predicted molar refractivity (Wildman–Crippen MR) is 79.8 cm³/mol. The summed E-state index contributed by atoms with van der Waals surface area (Å²) in [6.07, 6.45) is 1.42. The van der Waals surface area contributed by atoms with Crippen LogP contribution in [0.5, 0.6) is 0 Å². The molecular formula is C15H22N4O4. The van der Waals surface area contributed by atoms with E-state index in [1.54, 1.807) is 9.80 Å². The van der Waals surface area contributed by atoms with Gasteiger partial charge in [-0.05, 0) is 12.8 Å². The van der Waals surface area contributed by atoms with Crippen molar-refractivity contribution in [3.8, 4) is 0 Å². The van der Waals surface area contributed by atoms with Crippen molar-refractivity contribution in [2.45, 2.75) is 38.7 Å². The van der Waals surface area contributed by atoms with Crippen molar-refractivity contribution in [3.63, 3.8) is 0 Å². The zero-order valence-corrected chi connectivity index (χ0v) is 13.5. The summed E-state index contributed by atoms with van der Waals surface area (Å²) in [5.41, 5.74) is 0. The molecule has 2 aliphatic heterocycles. The van der Waals surface area contributed by atoms with Crippen molar-refractivity contribution in [1.29, 1.82) is 0 Å². The topological polar surface area (TPSA) is 88.8 Å². The van der Waals surface area contributed by atoms with Gasteiger partial charge in [-0.15, -0.1) is 10.2 Å². The quantitative estimate of drug-likeness (QED) is 0.812. The molecule has 0 spiro atoms. The number of carbonyl (C=O) groups is 2. The van der Waals surface area contributed by atoms with Crippen LogP contribution in [0, 0.1) is 0 Å². The zero-order chi connectivity index (χ0) is 16.4. The normalized spacial score (nSPS) is 22.0. The first-order valence-electron chi connectivity index (χ1n) is 8.09. The molecule has 8 nitrogen and oxygen atoms in total. The molecule has 2 aliphatic rings. The molecule has 126 valence electrons. The minimum Gasteiger partial charge on any atom is -0.417 e. The van der Waals surface area contributed by atoms with Gasteiger partial charge in [0.1, 0.15) is 6.10 Å². The standard InChI is InChI=1S/C15H22N4O4/c1-10(2)12-16-17-13(23-12)15(21)19-7-5-18(6-8-19)14(20)11-4-3-9-22-11/h10-11H,3-9H2,1-2H3. The number of ether oxygens (including phenoxy) is 1. The largest absolute Gasteiger partial charge is 0.417 e. The van der Waals surface area contributed by atoms with Gasteiger partial charge >= 0.3 is 11.8 Å². The second kappa shape index (κ2) is 6.66. The smallest absolute Gasteiger partial charge is 0.311 e. The Balaban J connectivity index is 1.55. The van der Waals surface area contributed by atoms with Crippen LogP contribution < -0.4 is 0 Å². The number of rotatable bonds is 3. The molecule has 1 atom stereocenters. The Labute approximate surface area is 134 Å². The van der Waals surface area contributed by atoms with Crippen molar-refractivity contribution in [2.75, 3.05) is 32.8 Å². The fourth-order valence-corrected chi connectivity index (χ4v) is 2.80. The van der Waals surface area contributed by atoms with Gasteiger partial charge in [0.05, 0.1) is 0 Å². The number of hydrogen-bond acceptors (Lipinski definition) is 6. The Morgan fingerprint density at radius 2 is 1.83 bits per heavy atom. The molecule has 1 unspecified atom stereocenters. The Hall–Kier alpha value is -1.96. The van der Waals surface area contributed by atoms with Crippen molar-refractivity contribution >= 4 is 11.8 Å². The van der Waals surface area contributed by atoms with Crippen molar-refractivity contribution in [1.82, 2.24) is 20.0 Å². The minimum absolute atomic E-state index is 0.0209. The zero-order valence-electron chi connectivity index (χ0n) is 13.5. The van der Waals surface area contributed by atoms with Crippen LogP contribution in [-0.2, 0) is 9.53 Å². The van der Waals surface area contributed by atoms with Crippen LogP contribution in [0.25, 0.3) is 0 Å². The maximum atomic E-state index is 12.4. The van der Waals surface area contributed by atoms with Gasteiger partial charge in [0.25, 0.3) is 5.91 Å². The molecular weight excluding hydrogens is 300 g/mol. The van der Waals surface area contributed by atoms with Crippen molar-refractivity contribution < 1.29 is 18.7 Å². The molecule has 0 bridgehead atoms. The molecule has 2 fully saturated rings. The number of nitrogens with zero attached hydrogens (tertiary/aromatic N) is 4. The molecule has 0 saturated carbocycles. The van der Waals surface area contributed by atoms with E-state index in [0.717, 1.165) is 12.8 Å². The van der Waals surface area contributed by atoms with Gasteiger partial charge in [0, 0.05) is 38.7 Å². The van der Waals surface area contributed by atoms with E-state index in [0.29, 0.717) is 38.7 Å². The lowest BCUT2D eigenvalue weighted by Gasteiger charge is -2.35. The van der Waals surface area contributed by atoms with Gasteiger partial charge in [0.2, 0.25) is 5.89 Å². The number of piperazine rings is 1. The molecule has 1 aromatic rings. The second-order valence-corrected chi connectivity index (χ2v) is 6.22. The van der Waals surface area contributed by atoms with Gasteiger partial charge in [0.15, 0.2) is 0 Å². The lowest BCUT2D eigenvalue weighted by Crippen LogP contribution is -2.52. The van der Waals surface area contributed by atoms with E-state index in [1.807, 2.05) is 13.8 Å². The average Bonchev–Trinajstić information content (AvgIpc) is 3.25. The van der Waals surface area contributed by atoms with E-state index in [4.69, 9.17) is 9.15 Å². The van der Waals surface area contributed by atoms with Crippen LogP contribution in [0.4, 0.5) is 0 Å². The summed E-state index contributed by atoms with van der Waals surface area (Å²) in [4.78, 5) is 28.1. The summed E-state index contributed by atoms with van der Waals surface area (Å²) < 4.78 is 10.8. The van der Waals surface area contributed by atoms with E-state index >= 15 is 0 Å². The summed E-state index contributed by atoms with van der Waals surface area (Å²) in [7, 11) is 0. The molecule has 1 aromatic heterocycles. The van der Waals surface area contributed by atoms with Gasteiger partial charge in [-0.3, -0.25) is 9.59 Å². The monoisotopic (exact) mass is 322 g/mol. The van der Waals surface area contributed by atoms with Crippen LogP contribution in [0.1, 0.15) is 49.2 Å². The van der Waals surface area contributed by atoms with Crippen LogP contribution in [0.3, 0.4) is 0 Å². The second-order valence-electron chi connectivity index (χ2n) is 6.22. The van der Waals surface area contributed by atoms with Gasteiger partial charge in [-0.25, -0.2) is 0 Å². The first-order chi connectivity index (χ1) is 11.1. The maximum absolute atomic E-state index is 12.4. The Bertz CT molecular complexity index is 572. The molecule has 0 N–H and O–H groups in total. The highest BCUT2D eigenvalue weighted by Gasteiger charge is 2.32. The number of amides is 2. The lowest BCUT2D eigenvalue weighted by molar-refractivity contribution is -0.142. The third-order valence-corrected chi connectivity index (χ3v) is 4.20. The first-order valence-corrected chi connectivity index (χ1v) is 8.09. The van der Waals surface area contributed by atoms with E-state index in [2.05, 4.69) is 10.2 Å². The summed E-state index contributed by atoms with van der Waals surface area (Å²) in [5.74, 6) is 0.334. The molecule has 0 aromatic carbocycles. The molecule has 2 amide bonds. The molecule has 23 heavy (non-hydrogen) atoms. The molecule has 8 heteroatoms. The Morgan fingerprint density at radius 3 is 2.39 bits per heavy atom. The maximum Gasteiger partial charge on any atom is 0.311 e. The molecule has 3 heterocycles. The minimum atomic E-state index is -0.304. The highest BCUT2D eigenvalue weighted by Crippen LogP contribution is 2.17. The van der Waals surface area contributed by atoms with E-state index in [-0.39, 0.29) is 29.7 Å². The van der Waals surface area contributed by atoms with Crippen LogP contribution in [-0.4, -0.2) is 70.7 Å². The van der Waals surface area contributed by atoms with Gasteiger partial charge in [-0.2, -0.15) is 0 Å². The predicted octanol–water partition coefficient (Wildman–Crippen LogP) is 0.656. The summed E-state index contributed by atoms with van der Waals surface area (Å²) in [5, 5.41) is 7.70. The summed E-state index contributed by atoms with van der Waals surface area (Å²) in [6, 6.07) is 0. The van der Waals surface area contributed by atoms with Gasteiger partial charge < -0.3 is 19.0 Å². The number of hydrogen-bond donors (Lipinski definition) is 0. The van der Waals surface area contributed by atoms with E-state index in [9.17, 15) is 9.59 Å². The fourth-order valence-electron chi connectivity index (χ4n) is 2.80. The fraction of sp³-hybridized carbons (Fsp3) is 0.733. The van der Waals surface area contributed by atoms with E-state index < -0.39 is 0 Å². The number of aromatic nitrogens is 2. The van der Waals surface area contributed by atoms with Gasteiger partial charge in [-0.1, -0.05) is 13.8 Å². The SMILES string of the molecule is CC(C)c1nnc(C(=O)N2CCN(C(=O)C3CCCO3)CC2)o1. The third kappa shape index (κ3) is 3.36. The lowest BCUT2D eigenvalue weighted by atomic mass is 10.2. The summed E-state index contributed by atoms with van der Waals surface area (Å²) >= 11 is 0. The molecule has 3 rings (SSSR count). The number of carbonyl (C=O) groups excluding carboxylic acids is 2. The highest BCUT2D eigenvalue weighted by molar-refractivity contribution is 5.89.